The second-order valence-electron chi connectivity index (χ2n) is 6.63. The van der Waals surface area contributed by atoms with Crippen LogP contribution in [0.4, 0.5) is 5.13 Å². The summed E-state index contributed by atoms with van der Waals surface area (Å²) in [5.41, 5.74) is 3.53. The van der Waals surface area contributed by atoms with E-state index in [-0.39, 0.29) is 18.3 Å². The van der Waals surface area contributed by atoms with E-state index < -0.39 is 0 Å². The number of pyridine rings is 1. The lowest BCUT2D eigenvalue weighted by atomic mass is 10.1. The molecule has 0 unspecified atom stereocenters. The predicted molar refractivity (Wildman–Crippen MR) is 101 cm³/mol. The monoisotopic (exact) mass is 385 g/mol. The third kappa shape index (κ3) is 3.42. The molecule has 1 aliphatic carbocycles. The summed E-state index contributed by atoms with van der Waals surface area (Å²) in [6.07, 6.45) is 2.27. The first-order valence-electron chi connectivity index (χ1n) is 8.63. The van der Waals surface area contributed by atoms with E-state index in [0.29, 0.717) is 28.0 Å². The minimum absolute atomic E-state index is 0.0793. The molecule has 3 heterocycles. The summed E-state index contributed by atoms with van der Waals surface area (Å²) in [6, 6.07) is 1.87. The summed E-state index contributed by atoms with van der Waals surface area (Å²) in [5, 5.41) is 10.2. The molecule has 0 bridgehead atoms. The number of rotatable bonds is 5. The Kier molecular flexibility index (Phi) is 4.39. The molecule has 140 valence electrons. The highest BCUT2D eigenvalue weighted by Crippen LogP contribution is 2.40. The molecule has 1 N–H and O–H groups in total. The summed E-state index contributed by atoms with van der Waals surface area (Å²) >= 11 is 1.28. The van der Waals surface area contributed by atoms with E-state index in [1.165, 1.54) is 18.4 Å². The van der Waals surface area contributed by atoms with Gasteiger partial charge in [-0.3, -0.25) is 19.6 Å². The van der Waals surface area contributed by atoms with E-state index in [1.54, 1.807) is 10.1 Å². The molecule has 1 amide bonds. The number of carbonyl (C=O) groups excluding carboxylic acids is 2. The zero-order valence-electron chi connectivity index (χ0n) is 15.3. The van der Waals surface area contributed by atoms with Gasteiger partial charge in [0.2, 0.25) is 0 Å². The number of anilines is 1. The Labute approximate surface area is 159 Å². The van der Waals surface area contributed by atoms with E-state index in [4.69, 9.17) is 4.98 Å². The molecule has 1 aliphatic rings. The van der Waals surface area contributed by atoms with Gasteiger partial charge in [-0.2, -0.15) is 5.10 Å². The van der Waals surface area contributed by atoms with Gasteiger partial charge in [0.05, 0.1) is 35.9 Å². The van der Waals surface area contributed by atoms with Gasteiger partial charge in [0.25, 0.3) is 5.91 Å². The normalized spacial score (nSPS) is 13.7. The number of amides is 1. The predicted octanol–water partition coefficient (Wildman–Crippen LogP) is 2.58. The quantitative estimate of drug-likeness (QED) is 0.678. The average molecular weight is 385 g/mol. The number of nitrogens with zero attached hydrogens (tertiary/aromatic N) is 4. The van der Waals surface area contributed by atoms with Gasteiger partial charge in [0.15, 0.2) is 10.8 Å². The number of ether oxygens (including phenoxy) is 1. The highest BCUT2D eigenvalue weighted by molar-refractivity contribution is 7.14. The van der Waals surface area contributed by atoms with Crippen molar-refractivity contribution in [3.8, 4) is 0 Å². The van der Waals surface area contributed by atoms with E-state index in [1.807, 2.05) is 20.0 Å². The second-order valence-corrected chi connectivity index (χ2v) is 7.49. The van der Waals surface area contributed by atoms with Crippen molar-refractivity contribution in [2.75, 3.05) is 12.4 Å². The van der Waals surface area contributed by atoms with Crippen LogP contribution in [0.5, 0.6) is 0 Å². The van der Waals surface area contributed by atoms with E-state index in [9.17, 15) is 9.59 Å². The molecule has 8 nitrogen and oxygen atoms in total. The number of aryl methyl sites for hydroxylation is 2. The third-order valence-corrected chi connectivity index (χ3v) is 5.36. The van der Waals surface area contributed by atoms with Gasteiger partial charge >= 0.3 is 5.97 Å². The van der Waals surface area contributed by atoms with E-state index in [2.05, 4.69) is 20.1 Å². The van der Waals surface area contributed by atoms with Crippen molar-refractivity contribution in [1.82, 2.24) is 19.7 Å². The molecule has 27 heavy (non-hydrogen) atoms. The van der Waals surface area contributed by atoms with Gasteiger partial charge in [-0.25, -0.2) is 9.97 Å². The van der Waals surface area contributed by atoms with Crippen LogP contribution < -0.4 is 5.32 Å². The molecular weight excluding hydrogens is 366 g/mol. The maximum absolute atomic E-state index is 13.0. The number of methoxy groups -OCH3 is 1. The lowest BCUT2D eigenvalue weighted by molar-refractivity contribution is -0.139. The first-order valence-corrected chi connectivity index (χ1v) is 9.51. The van der Waals surface area contributed by atoms with Crippen LogP contribution in [0.3, 0.4) is 0 Å². The summed E-state index contributed by atoms with van der Waals surface area (Å²) in [7, 11) is 3.17. The maximum atomic E-state index is 13.0. The number of nitrogens with one attached hydrogen (secondary N) is 1. The Morgan fingerprint density at radius 2 is 2.15 bits per heavy atom. The third-order valence-electron chi connectivity index (χ3n) is 4.55. The van der Waals surface area contributed by atoms with Crippen LogP contribution in [-0.4, -0.2) is 38.7 Å². The van der Waals surface area contributed by atoms with Gasteiger partial charge in [0.1, 0.15) is 0 Å². The molecule has 4 rings (SSSR count). The van der Waals surface area contributed by atoms with E-state index >= 15 is 0 Å². The van der Waals surface area contributed by atoms with Crippen molar-refractivity contribution in [3.05, 3.63) is 34.1 Å². The molecule has 1 fully saturated rings. The Balaban J connectivity index is 1.65. The Morgan fingerprint density at radius 3 is 2.85 bits per heavy atom. The number of hydrogen-bond acceptors (Lipinski definition) is 7. The standard InChI is InChI=1S/C18H19N5O3S/c1-9-15-12(7-13(10-4-5-10)20-16(15)23(2)22-9)17(25)21-18-19-11(8-27-18)6-14(24)26-3/h7-8,10H,4-6H2,1-3H3,(H,19,21,25). The fourth-order valence-corrected chi connectivity index (χ4v) is 3.77. The van der Waals surface area contributed by atoms with Crippen LogP contribution in [0.25, 0.3) is 11.0 Å². The van der Waals surface area contributed by atoms with Gasteiger partial charge in [-0.15, -0.1) is 11.3 Å². The molecule has 3 aromatic rings. The summed E-state index contributed by atoms with van der Waals surface area (Å²) in [5.74, 6) is -0.198. The maximum Gasteiger partial charge on any atom is 0.311 e. The van der Waals surface area contributed by atoms with Crippen molar-refractivity contribution in [2.45, 2.75) is 32.1 Å². The van der Waals surface area contributed by atoms with E-state index in [0.717, 1.165) is 29.6 Å². The first-order chi connectivity index (χ1) is 13.0. The van der Waals surface area contributed by atoms with Crippen LogP contribution in [0.2, 0.25) is 0 Å². The molecule has 0 spiro atoms. The molecule has 9 heteroatoms. The van der Waals surface area contributed by atoms with Crippen molar-refractivity contribution in [3.63, 3.8) is 0 Å². The van der Waals surface area contributed by atoms with Crippen molar-refractivity contribution in [2.24, 2.45) is 7.05 Å². The molecule has 0 aliphatic heterocycles. The summed E-state index contributed by atoms with van der Waals surface area (Å²) in [4.78, 5) is 33.3. The number of thiazole rings is 1. The molecule has 0 radical (unpaired) electrons. The van der Waals surface area contributed by atoms with Crippen LogP contribution in [0.1, 0.15) is 46.2 Å². The highest BCUT2D eigenvalue weighted by atomic mass is 32.1. The Bertz CT molecular complexity index is 1050. The second kappa shape index (κ2) is 6.73. The van der Waals surface area contributed by atoms with Crippen molar-refractivity contribution in [1.29, 1.82) is 0 Å². The fraction of sp³-hybridized carbons (Fsp3) is 0.389. The lowest BCUT2D eigenvalue weighted by Gasteiger charge is -2.07. The summed E-state index contributed by atoms with van der Waals surface area (Å²) in [6.45, 7) is 1.87. The smallest absolute Gasteiger partial charge is 0.311 e. The Morgan fingerprint density at radius 1 is 1.37 bits per heavy atom. The number of fused-ring (bicyclic) bond motifs is 1. The Hall–Kier alpha value is -2.81. The number of aromatic nitrogens is 4. The van der Waals surface area contributed by atoms with Gasteiger partial charge in [-0.05, 0) is 25.8 Å². The van der Waals surface area contributed by atoms with Crippen LogP contribution in [0.15, 0.2) is 11.4 Å². The van der Waals surface area contributed by atoms with Crippen molar-refractivity contribution >= 4 is 39.4 Å². The van der Waals surface area contributed by atoms with Crippen LogP contribution in [0, 0.1) is 6.92 Å². The lowest BCUT2D eigenvalue weighted by Crippen LogP contribution is -2.14. The molecule has 1 saturated carbocycles. The van der Waals surface area contributed by atoms with Gasteiger partial charge in [-0.1, -0.05) is 0 Å². The topological polar surface area (TPSA) is 99.0 Å². The number of carbonyl (C=O) groups is 2. The van der Waals surface area contributed by atoms with Crippen LogP contribution in [-0.2, 0) is 23.0 Å². The molecule has 0 saturated heterocycles. The first kappa shape index (κ1) is 17.6. The van der Waals surface area contributed by atoms with Gasteiger partial charge in [0, 0.05) is 24.0 Å². The zero-order chi connectivity index (χ0) is 19.1. The molecule has 3 aromatic heterocycles. The largest absolute Gasteiger partial charge is 0.469 e. The minimum atomic E-state index is -0.367. The SMILES string of the molecule is COC(=O)Cc1csc(NC(=O)c2cc(C3CC3)nc3c2c(C)nn3C)n1. The summed E-state index contributed by atoms with van der Waals surface area (Å²) < 4.78 is 6.35. The number of hydrogen-bond donors (Lipinski definition) is 1. The van der Waals surface area contributed by atoms with Crippen LogP contribution >= 0.6 is 11.3 Å². The molecule has 0 atom stereocenters. The minimum Gasteiger partial charge on any atom is -0.469 e. The zero-order valence-corrected chi connectivity index (χ0v) is 16.1. The number of esters is 1. The highest BCUT2D eigenvalue weighted by Gasteiger charge is 2.28. The van der Waals surface area contributed by atoms with Gasteiger partial charge < -0.3 is 4.74 Å². The molecular formula is C18H19N5O3S. The van der Waals surface area contributed by atoms with Crippen molar-refractivity contribution < 1.29 is 14.3 Å². The average Bonchev–Trinajstić information content (AvgIpc) is 3.35. The molecule has 0 aromatic carbocycles. The fourth-order valence-electron chi connectivity index (χ4n) is 3.06.